The fourth-order valence-corrected chi connectivity index (χ4v) is 4.67. The first kappa shape index (κ1) is 24.2. The Morgan fingerprint density at radius 1 is 1.00 bits per heavy atom. The van der Waals surface area contributed by atoms with Gasteiger partial charge in [-0.15, -0.1) is 11.3 Å². The molecular formula is C25H24N2O7S. The summed E-state index contributed by atoms with van der Waals surface area (Å²) in [6, 6.07) is 10.9. The molecule has 0 atom stereocenters. The smallest absolute Gasteiger partial charge is 0.348 e. The van der Waals surface area contributed by atoms with Crippen LogP contribution >= 0.6 is 11.3 Å². The number of amides is 2. The maximum absolute atomic E-state index is 13.4. The molecule has 182 valence electrons. The van der Waals surface area contributed by atoms with Gasteiger partial charge in [0.2, 0.25) is 0 Å². The van der Waals surface area contributed by atoms with Gasteiger partial charge in [-0.3, -0.25) is 9.59 Å². The summed E-state index contributed by atoms with van der Waals surface area (Å²) in [5.41, 5.74) is 0.582. The van der Waals surface area contributed by atoms with Gasteiger partial charge >= 0.3 is 11.9 Å². The van der Waals surface area contributed by atoms with Crippen LogP contribution in [0.1, 0.15) is 48.8 Å². The number of esters is 2. The first-order chi connectivity index (χ1) is 16.8. The minimum absolute atomic E-state index is 0.0679. The Balaban J connectivity index is 1.67. The second kappa shape index (κ2) is 10.1. The van der Waals surface area contributed by atoms with Crippen molar-refractivity contribution in [2.24, 2.45) is 0 Å². The van der Waals surface area contributed by atoms with Crippen molar-refractivity contribution in [2.45, 2.75) is 25.8 Å². The molecule has 2 aromatic carbocycles. The van der Waals surface area contributed by atoms with E-state index in [-0.39, 0.29) is 45.3 Å². The molecule has 35 heavy (non-hydrogen) atoms. The van der Waals surface area contributed by atoms with E-state index < -0.39 is 17.8 Å². The topological polar surface area (TPSA) is 120 Å². The number of fused-ring (bicyclic) bond motifs is 1. The molecule has 1 aliphatic carbocycles. The minimum atomic E-state index is -0.698. The number of hydrogen-bond acceptors (Lipinski definition) is 8. The summed E-state index contributed by atoms with van der Waals surface area (Å²) in [5.74, 6) is -1.95. The van der Waals surface area contributed by atoms with E-state index in [1.807, 2.05) is 24.3 Å². The molecule has 1 aromatic heterocycles. The third kappa shape index (κ3) is 5.27. The number of hydrogen-bond donors (Lipinski definition) is 2. The van der Waals surface area contributed by atoms with Crippen molar-refractivity contribution >= 4 is 50.9 Å². The summed E-state index contributed by atoms with van der Waals surface area (Å²) < 4.78 is 15.4. The van der Waals surface area contributed by atoms with E-state index in [4.69, 9.17) is 14.2 Å². The number of methoxy groups -OCH3 is 2. The first-order valence-electron chi connectivity index (χ1n) is 10.9. The molecule has 2 amide bonds. The zero-order valence-electron chi connectivity index (χ0n) is 19.4. The molecule has 1 saturated carbocycles. The molecule has 10 heteroatoms. The van der Waals surface area contributed by atoms with Crippen LogP contribution in [0.15, 0.2) is 36.4 Å². The van der Waals surface area contributed by atoms with Gasteiger partial charge in [-0.2, -0.15) is 0 Å². The maximum Gasteiger partial charge on any atom is 0.348 e. The third-order valence-electron chi connectivity index (χ3n) is 5.53. The van der Waals surface area contributed by atoms with Gasteiger partial charge in [0, 0.05) is 6.04 Å². The van der Waals surface area contributed by atoms with Crippen molar-refractivity contribution in [3.8, 4) is 5.75 Å². The molecule has 4 rings (SSSR count). The van der Waals surface area contributed by atoms with Crippen LogP contribution in [0.5, 0.6) is 5.75 Å². The minimum Gasteiger partial charge on any atom is -0.483 e. The molecule has 3 aromatic rings. The highest BCUT2D eigenvalue weighted by Gasteiger charge is 2.28. The van der Waals surface area contributed by atoms with Crippen LogP contribution < -0.4 is 15.4 Å². The number of carbonyl (C=O) groups excluding carboxylic acids is 4. The number of benzene rings is 2. The van der Waals surface area contributed by atoms with Crippen molar-refractivity contribution in [3.63, 3.8) is 0 Å². The molecule has 0 aliphatic heterocycles. The predicted molar refractivity (Wildman–Crippen MR) is 130 cm³/mol. The monoisotopic (exact) mass is 496 g/mol. The number of carbonyl (C=O) groups is 4. The number of nitrogens with one attached hydrogen (secondary N) is 2. The van der Waals surface area contributed by atoms with Gasteiger partial charge in [0.1, 0.15) is 15.6 Å². The van der Waals surface area contributed by atoms with Gasteiger partial charge in [0.15, 0.2) is 6.61 Å². The van der Waals surface area contributed by atoms with E-state index in [2.05, 4.69) is 10.6 Å². The van der Waals surface area contributed by atoms with Crippen molar-refractivity contribution in [2.75, 3.05) is 26.1 Å². The molecule has 9 nitrogen and oxygen atoms in total. The molecule has 0 bridgehead atoms. The summed E-state index contributed by atoms with van der Waals surface area (Å²) in [7, 11) is 2.44. The largest absolute Gasteiger partial charge is 0.483 e. The Morgan fingerprint density at radius 3 is 2.29 bits per heavy atom. The first-order valence-corrected chi connectivity index (χ1v) is 11.7. The lowest BCUT2D eigenvalue weighted by Gasteiger charge is -2.13. The summed E-state index contributed by atoms with van der Waals surface area (Å²) in [6.07, 6.45) is 1.90. The molecule has 2 N–H and O–H groups in total. The number of anilines is 1. The second-order valence-corrected chi connectivity index (χ2v) is 9.04. The van der Waals surface area contributed by atoms with Crippen molar-refractivity contribution in [3.05, 3.63) is 58.0 Å². The fourth-order valence-electron chi connectivity index (χ4n) is 3.56. The van der Waals surface area contributed by atoms with E-state index in [1.165, 1.54) is 14.2 Å². The summed E-state index contributed by atoms with van der Waals surface area (Å²) in [6.45, 7) is 1.33. The Kier molecular flexibility index (Phi) is 7.02. The Hall–Kier alpha value is -3.92. The Labute approximate surface area is 205 Å². The summed E-state index contributed by atoms with van der Waals surface area (Å²) >= 11 is 0.915. The van der Waals surface area contributed by atoms with Crippen molar-refractivity contribution < 1.29 is 33.4 Å². The highest BCUT2D eigenvalue weighted by molar-refractivity contribution is 7.18. The summed E-state index contributed by atoms with van der Waals surface area (Å²) in [5, 5.41) is 7.32. The van der Waals surface area contributed by atoms with Crippen LogP contribution in [0.25, 0.3) is 10.8 Å². The Bertz CT molecular complexity index is 1330. The number of rotatable bonds is 8. The van der Waals surface area contributed by atoms with Crippen LogP contribution in [-0.2, 0) is 14.3 Å². The standard InChI is InChI=1S/C25H24N2O7S/c1-13-20(24(30)32-2)23(35-21(13)25(31)33-3)27-22(29)17-10-14-6-4-5-7-15(14)11-18(17)34-12-19(28)26-16-8-9-16/h4-7,10-11,16H,8-9,12H2,1-3H3,(H,26,28)(H,27,29). The van der Waals surface area contributed by atoms with E-state index >= 15 is 0 Å². The lowest BCUT2D eigenvalue weighted by atomic mass is 10.1. The van der Waals surface area contributed by atoms with Gasteiger partial charge in [-0.05, 0) is 48.2 Å². The van der Waals surface area contributed by atoms with Crippen LogP contribution in [0.2, 0.25) is 0 Å². The predicted octanol–water partition coefficient (Wildman–Crippen LogP) is 3.69. The lowest BCUT2D eigenvalue weighted by molar-refractivity contribution is -0.123. The van der Waals surface area contributed by atoms with E-state index in [9.17, 15) is 19.2 Å². The van der Waals surface area contributed by atoms with E-state index in [1.54, 1.807) is 19.1 Å². The highest BCUT2D eigenvalue weighted by Crippen LogP contribution is 2.35. The molecule has 0 spiro atoms. The van der Waals surface area contributed by atoms with Crippen LogP contribution in [0, 0.1) is 6.92 Å². The van der Waals surface area contributed by atoms with Crippen LogP contribution in [0.4, 0.5) is 5.00 Å². The third-order valence-corrected chi connectivity index (χ3v) is 6.72. The molecular weight excluding hydrogens is 472 g/mol. The van der Waals surface area contributed by atoms with E-state index in [0.717, 1.165) is 35.0 Å². The van der Waals surface area contributed by atoms with Gasteiger partial charge < -0.3 is 24.8 Å². The van der Waals surface area contributed by atoms with Gasteiger partial charge in [0.05, 0.1) is 25.3 Å². The zero-order valence-corrected chi connectivity index (χ0v) is 20.2. The normalized spacial score (nSPS) is 12.7. The summed E-state index contributed by atoms with van der Waals surface area (Å²) in [4.78, 5) is 50.3. The van der Waals surface area contributed by atoms with Crippen LogP contribution in [0.3, 0.4) is 0 Å². The van der Waals surface area contributed by atoms with Gasteiger partial charge in [-0.1, -0.05) is 24.3 Å². The van der Waals surface area contributed by atoms with Crippen molar-refractivity contribution in [1.29, 1.82) is 0 Å². The molecule has 0 saturated heterocycles. The zero-order chi connectivity index (χ0) is 25.1. The quantitative estimate of drug-likeness (QED) is 0.456. The molecule has 0 unspecified atom stereocenters. The average Bonchev–Trinajstić information content (AvgIpc) is 3.62. The van der Waals surface area contributed by atoms with Gasteiger partial charge in [0.25, 0.3) is 11.8 Å². The SMILES string of the molecule is COC(=O)c1sc(NC(=O)c2cc3ccccc3cc2OCC(=O)NC2CC2)c(C(=O)OC)c1C. The molecule has 1 fully saturated rings. The highest BCUT2D eigenvalue weighted by atomic mass is 32.1. The number of ether oxygens (including phenoxy) is 3. The number of thiophene rings is 1. The van der Waals surface area contributed by atoms with E-state index in [0.29, 0.717) is 5.56 Å². The Morgan fingerprint density at radius 2 is 1.66 bits per heavy atom. The van der Waals surface area contributed by atoms with Gasteiger partial charge in [-0.25, -0.2) is 9.59 Å². The van der Waals surface area contributed by atoms with Crippen molar-refractivity contribution in [1.82, 2.24) is 5.32 Å². The maximum atomic E-state index is 13.4. The lowest BCUT2D eigenvalue weighted by Crippen LogP contribution is -2.30. The molecule has 1 heterocycles. The molecule has 1 aliphatic rings. The van der Waals surface area contributed by atoms with Crippen LogP contribution in [-0.4, -0.2) is 50.6 Å². The fraction of sp³-hybridized carbons (Fsp3) is 0.280. The molecule has 0 radical (unpaired) electrons. The average molecular weight is 497 g/mol. The second-order valence-electron chi connectivity index (χ2n) is 8.02.